The molecule has 0 aromatic heterocycles. The van der Waals surface area contributed by atoms with Crippen LogP contribution < -0.4 is 16.8 Å². The van der Waals surface area contributed by atoms with Gasteiger partial charge in [0.05, 0.1) is 0 Å². The number of nitrogens with one attached hydrogen (secondary N) is 1. The molecule has 2 rings (SSSR count). The van der Waals surface area contributed by atoms with Crippen LogP contribution in [0.25, 0.3) is 0 Å². The number of carbonyl (C=O) groups is 1. The van der Waals surface area contributed by atoms with Crippen LogP contribution >= 0.6 is 0 Å². The Morgan fingerprint density at radius 2 is 1.95 bits per heavy atom. The topological polar surface area (TPSA) is 122 Å². The fourth-order valence-electron chi connectivity index (χ4n) is 2.05. The number of nitrogen functional groups attached to an aromatic ring is 1. The average Bonchev–Trinajstić information content (AvgIpc) is 2.40. The molecule has 0 fully saturated rings. The Hall–Kier alpha value is -2.89. The van der Waals surface area contributed by atoms with Gasteiger partial charge in [-0.1, -0.05) is 6.07 Å². The largest absolute Gasteiger partial charge is 0.508 e. The van der Waals surface area contributed by atoms with Crippen molar-refractivity contribution in [2.24, 2.45) is 5.73 Å². The van der Waals surface area contributed by atoms with Crippen LogP contribution in [-0.4, -0.2) is 16.1 Å². The number of benzene rings is 2. The second-order valence-corrected chi connectivity index (χ2v) is 4.80. The van der Waals surface area contributed by atoms with E-state index in [1.807, 2.05) is 0 Å². The first-order valence-corrected chi connectivity index (χ1v) is 6.32. The van der Waals surface area contributed by atoms with Crippen molar-refractivity contribution in [2.45, 2.75) is 13.0 Å². The minimum absolute atomic E-state index is 0.0526. The second-order valence-electron chi connectivity index (χ2n) is 4.80. The maximum Gasteiger partial charge on any atom is 0.244 e. The predicted molar refractivity (Wildman–Crippen MR) is 80.9 cm³/mol. The highest BCUT2D eigenvalue weighted by Crippen LogP contribution is 2.30. The van der Waals surface area contributed by atoms with E-state index in [0.717, 1.165) is 0 Å². The molecule has 0 aliphatic heterocycles. The molecule has 0 heterocycles. The summed E-state index contributed by atoms with van der Waals surface area (Å²) in [6, 6.07) is 8.44. The van der Waals surface area contributed by atoms with Gasteiger partial charge in [0, 0.05) is 29.1 Å². The Labute approximate surface area is 122 Å². The first kappa shape index (κ1) is 14.5. The van der Waals surface area contributed by atoms with Crippen molar-refractivity contribution >= 4 is 17.3 Å². The quantitative estimate of drug-likeness (QED) is 0.547. The van der Waals surface area contributed by atoms with E-state index in [1.54, 1.807) is 25.1 Å². The van der Waals surface area contributed by atoms with Crippen LogP contribution in [0.1, 0.15) is 17.2 Å². The summed E-state index contributed by atoms with van der Waals surface area (Å²) in [6.45, 7) is 1.70. The molecule has 0 saturated heterocycles. The molecule has 1 unspecified atom stereocenters. The number of phenolic OH excluding ortho intramolecular Hbond substituents is 2. The molecule has 0 saturated carbocycles. The molecule has 0 bridgehead atoms. The summed E-state index contributed by atoms with van der Waals surface area (Å²) in [5.41, 5.74) is 13.1. The number of hydrogen-bond acceptors (Lipinski definition) is 5. The number of hydrogen-bond donors (Lipinski definition) is 5. The van der Waals surface area contributed by atoms with Gasteiger partial charge < -0.3 is 27.0 Å². The molecular formula is C15H17N3O3. The van der Waals surface area contributed by atoms with Crippen molar-refractivity contribution in [3.63, 3.8) is 0 Å². The Kier molecular flexibility index (Phi) is 3.89. The summed E-state index contributed by atoms with van der Waals surface area (Å²) >= 11 is 0. The first-order chi connectivity index (χ1) is 9.88. The normalized spacial score (nSPS) is 11.9. The Morgan fingerprint density at radius 1 is 1.24 bits per heavy atom. The molecule has 1 atom stereocenters. The van der Waals surface area contributed by atoms with E-state index in [-0.39, 0.29) is 17.2 Å². The molecule has 1 amide bonds. The van der Waals surface area contributed by atoms with Gasteiger partial charge in [-0.3, -0.25) is 4.79 Å². The smallest absolute Gasteiger partial charge is 0.244 e. The third-order valence-electron chi connectivity index (χ3n) is 3.15. The molecule has 21 heavy (non-hydrogen) atoms. The number of rotatable bonds is 4. The highest BCUT2D eigenvalue weighted by Gasteiger charge is 2.21. The van der Waals surface area contributed by atoms with E-state index in [0.29, 0.717) is 16.8 Å². The predicted octanol–water partition coefficient (Wildman–Crippen LogP) is 1.63. The zero-order chi connectivity index (χ0) is 15.6. The van der Waals surface area contributed by atoms with E-state index in [1.165, 1.54) is 18.2 Å². The van der Waals surface area contributed by atoms with Crippen LogP contribution in [0.4, 0.5) is 11.4 Å². The number of aromatic hydroxyl groups is 2. The first-order valence-electron chi connectivity index (χ1n) is 6.32. The van der Waals surface area contributed by atoms with Gasteiger partial charge in [-0.15, -0.1) is 0 Å². The van der Waals surface area contributed by atoms with Crippen LogP contribution in [0.2, 0.25) is 0 Å². The molecule has 2 aromatic carbocycles. The number of aryl methyl sites for hydroxylation is 1. The van der Waals surface area contributed by atoms with Crippen LogP contribution in [0.3, 0.4) is 0 Å². The maximum atomic E-state index is 11.7. The Morgan fingerprint density at radius 3 is 2.57 bits per heavy atom. The zero-order valence-corrected chi connectivity index (χ0v) is 11.5. The van der Waals surface area contributed by atoms with E-state index < -0.39 is 11.9 Å². The summed E-state index contributed by atoms with van der Waals surface area (Å²) in [7, 11) is 0. The molecule has 6 nitrogen and oxygen atoms in total. The lowest BCUT2D eigenvalue weighted by atomic mass is 10.0. The SMILES string of the molecule is Cc1cc(C(Nc2cccc(O)c2)C(N)=O)c(N)cc1O. The molecular weight excluding hydrogens is 270 g/mol. The van der Waals surface area contributed by atoms with Crippen LogP contribution in [0.5, 0.6) is 11.5 Å². The molecule has 0 aliphatic carbocycles. The second kappa shape index (κ2) is 5.62. The van der Waals surface area contributed by atoms with Gasteiger partial charge in [0.15, 0.2) is 0 Å². The summed E-state index contributed by atoms with van der Waals surface area (Å²) in [4.78, 5) is 11.7. The number of primary amides is 1. The van der Waals surface area contributed by atoms with E-state index in [4.69, 9.17) is 11.5 Å². The fraction of sp³-hybridized carbons (Fsp3) is 0.133. The van der Waals surface area contributed by atoms with E-state index in [2.05, 4.69) is 5.32 Å². The van der Waals surface area contributed by atoms with Crippen molar-refractivity contribution in [3.05, 3.63) is 47.5 Å². The number of phenols is 2. The van der Waals surface area contributed by atoms with Gasteiger partial charge in [0.25, 0.3) is 0 Å². The van der Waals surface area contributed by atoms with Crippen molar-refractivity contribution in [1.29, 1.82) is 0 Å². The number of nitrogens with two attached hydrogens (primary N) is 2. The summed E-state index contributed by atoms with van der Waals surface area (Å²) < 4.78 is 0. The average molecular weight is 287 g/mol. The minimum atomic E-state index is -0.869. The fourth-order valence-corrected chi connectivity index (χ4v) is 2.05. The molecule has 0 radical (unpaired) electrons. The third kappa shape index (κ3) is 3.17. The Bertz CT molecular complexity index is 686. The molecule has 6 heteroatoms. The lowest BCUT2D eigenvalue weighted by molar-refractivity contribution is -0.118. The number of amides is 1. The van der Waals surface area contributed by atoms with Gasteiger partial charge in [-0.05, 0) is 30.7 Å². The van der Waals surface area contributed by atoms with Crippen molar-refractivity contribution < 1.29 is 15.0 Å². The summed E-state index contributed by atoms with van der Waals surface area (Å²) in [5.74, 6) is -0.495. The van der Waals surface area contributed by atoms with E-state index >= 15 is 0 Å². The Balaban J connectivity index is 2.40. The number of anilines is 2. The van der Waals surface area contributed by atoms with Gasteiger partial charge in [0.2, 0.25) is 5.91 Å². The highest BCUT2D eigenvalue weighted by atomic mass is 16.3. The van der Waals surface area contributed by atoms with Gasteiger partial charge in [-0.25, -0.2) is 0 Å². The molecule has 110 valence electrons. The van der Waals surface area contributed by atoms with Crippen molar-refractivity contribution in [2.75, 3.05) is 11.1 Å². The molecule has 0 aliphatic rings. The van der Waals surface area contributed by atoms with Crippen LogP contribution in [-0.2, 0) is 4.79 Å². The summed E-state index contributed by atoms with van der Waals surface area (Å²) in [6.07, 6.45) is 0. The van der Waals surface area contributed by atoms with Gasteiger partial charge in [0.1, 0.15) is 17.5 Å². The van der Waals surface area contributed by atoms with E-state index in [9.17, 15) is 15.0 Å². The molecule has 0 spiro atoms. The van der Waals surface area contributed by atoms with Gasteiger partial charge >= 0.3 is 0 Å². The molecule has 2 aromatic rings. The van der Waals surface area contributed by atoms with Crippen LogP contribution in [0, 0.1) is 6.92 Å². The third-order valence-corrected chi connectivity index (χ3v) is 3.15. The monoisotopic (exact) mass is 287 g/mol. The molecule has 7 N–H and O–H groups in total. The van der Waals surface area contributed by atoms with Gasteiger partial charge in [-0.2, -0.15) is 0 Å². The maximum absolute atomic E-state index is 11.7. The highest BCUT2D eigenvalue weighted by molar-refractivity contribution is 5.86. The number of carbonyl (C=O) groups excluding carboxylic acids is 1. The minimum Gasteiger partial charge on any atom is -0.508 e. The van der Waals surface area contributed by atoms with Crippen molar-refractivity contribution in [3.8, 4) is 11.5 Å². The standard InChI is InChI=1S/C15H17N3O3/c1-8-5-11(12(16)7-13(8)20)14(15(17)21)18-9-3-2-4-10(19)6-9/h2-7,14,18-20H,16H2,1H3,(H2,17,21). The van der Waals surface area contributed by atoms with Crippen LogP contribution in [0.15, 0.2) is 36.4 Å². The van der Waals surface area contributed by atoms with Crippen molar-refractivity contribution in [1.82, 2.24) is 0 Å². The lowest BCUT2D eigenvalue weighted by Crippen LogP contribution is -2.28. The zero-order valence-electron chi connectivity index (χ0n) is 11.5. The lowest BCUT2D eigenvalue weighted by Gasteiger charge is -2.20. The summed E-state index contributed by atoms with van der Waals surface area (Å²) in [5, 5.41) is 22.0.